The Hall–Kier alpha value is -0.790. The second kappa shape index (κ2) is 7.72. The summed E-state index contributed by atoms with van der Waals surface area (Å²) >= 11 is 1.63. The smallest absolute Gasteiger partial charge is 0.244 e. The van der Waals surface area contributed by atoms with Gasteiger partial charge in [0.2, 0.25) is 10.0 Å². The Morgan fingerprint density at radius 3 is 2.74 bits per heavy atom. The monoisotopic (exact) mass is 303 g/mol. The summed E-state index contributed by atoms with van der Waals surface area (Å²) in [5.41, 5.74) is 0. The molecule has 0 saturated heterocycles. The quantitative estimate of drug-likeness (QED) is 0.768. The van der Waals surface area contributed by atoms with E-state index in [1.54, 1.807) is 30.1 Å². The molecule has 1 aromatic heterocycles. The average molecular weight is 303 g/mol. The number of thioether (sulfide) groups is 1. The molecular weight excluding hydrogens is 282 g/mol. The molecule has 0 aliphatic rings. The molecular formula is C12H21N3O2S2. The third-order valence-corrected chi connectivity index (χ3v) is 4.87. The Morgan fingerprint density at radius 1 is 1.42 bits per heavy atom. The van der Waals surface area contributed by atoms with Crippen LogP contribution in [0.15, 0.2) is 23.2 Å². The molecule has 2 N–H and O–H groups in total. The molecule has 1 unspecified atom stereocenters. The summed E-state index contributed by atoms with van der Waals surface area (Å²) in [7, 11) is -3.53. The molecule has 0 spiro atoms. The van der Waals surface area contributed by atoms with Gasteiger partial charge in [0.1, 0.15) is 10.7 Å². The van der Waals surface area contributed by atoms with Crippen LogP contribution >= 0.6 is 11.8 Å². The van der Waals surface area contributed by atoms with Gasteiger partial charge in [-0.2, -0.15) is 11.8 Å². The van der Waals surface area contributed by atoms with Crippen molar-refractivity contribution in [2.24, 2.45) is 0 Å². The zero-order valence-electron chi connectivity index (χ0n) is 11.5. The molecule has 0 aliphatic carbocycles. The molecule has 108 valence electrons. The van der Waals surface area contributed by atoms with E-state index in [-0.39, 0.29) is 10.9 Å². The Kier molecular flexibility index (Phi) is 6.60. The molecule has 5 nitrogen and oxygen atoms in total. The maximum absolute atomic E-state index is 12.4. The first-order valence-electron chi connectivity index (χ1n) is 6.25. The molecule has 7 heteroatoms. The molecule has 1 heterocycles. The van der Waals surface area contributed by atoms with Crippen LogP contribution in [-0.4, -0.2) is 38.0 Å². The highest BCUT2D eigenvalue weighted by Gasteiger charge is 2.22. The van der Waals surface area contributed by atoms with E-state index in [0.717, 1.165) is 12.2 Å². The second-order valence-corrected chi connectivity index (χ2v) is 6.66. The zero-order chi connectivity index (χ0) is 14.3. The molecule has 1 rings (SSSR count). The van der Waals surface area contributed by atoms with E-state index in [9.17, 15) is 8.42 Å². The number of nitrogens with zero attached hydrogens (tertiary/aromatic N) is 1. The Balaban J connectivity index is 2.99. The number of hydrogen-bond donors (Lipinski definition) is 2. The van der Waals surface area contributed by atoms with Gasteiger partial charge >= 0.3 is 0 Å². The molecule has 19 heavy (non-hydrogen) atoms. The first-order chi connectivity index (χ1) is 9.05. The SMILES string of the molecule is CCNc1ncccc1S(=O)(=O)NC(CC)CSC. The Labute approximate surface area is 119 Å². The van der Waals surface area contributed by atoms with Crippen molar-refractivity contribution >= 4 is 27.6 Å². The summed E-state index contributed by atoms with van der Waals surface area (Å²) in [6.45, 7) is 4.50. The minimum absolute atomic E-state index is 0.0605. The summed E-state index contributed by atoms with van der Waals surface area (Å²) in [4.78, 5) is 4.28. The molecule has 0 aromatic carbocycles. The highest BCUT2D eigenvalue weighted by atomic mass is 32.2. The lowest BCUT2D eigenvalue weighted by atomic mass is 10.3. The fourth-order valence-corrected chi connectivity index (χ4v) is 3.91. The third kappa shape index (κ3) is 4.67. The maximum Gasteiger partial charge on any atom is 0.244 e. The number of hydrogen-bond acceptors (Lipinski definition) is 5. The molecule has 0 saturated carbocycles. The van der Waals surface area contributed by atoms with Crippen molar-refractivity contribution in [3.05, 3.63) is 18.3 Å². The van der Waals surface area contributed by atoms with Gasteiger partial charge < -0.3 is 5.32 Å². The summed E-state index contributed by atoms with van der Waals surface area (Å²) in [6.07, 6.45) is 4.30. The van der Waals surface area contributed by atoms with E-state index in [2.05, 4.69) is 15.0 Å². The summed E-state index contributed by atoms with van der Waals surface area (Å²) < 4.78 is 27.5. The van der Waals surface area contributed by atoms with Crippen LogP contribution in [0.1, 0.15) is 20.3 Å². The molecule has 1 aromatic rings. The van der Waals surface area contributed by atoms with E-state index in [1.807, 2.05) is 20.1 Å². The highest BCUT2D eigenvalue weighted by Crippen LogP contribution is 2.18. The van der Waals surface area contributed by atoms with Crippen molar-refractivity contribution in [3.8, 4) is 0 Å². The lowest BCUT2D eigenvalue weighted by Gasteiger charge is -2.17. The topological polar surface area (TPSA) is 71.1 Å². The van der Waals surface area contributed by atoms with Gasteiger partial charge in [0.05, 0.1) is 0 Å². The van der Waals surface area contributed by atoms with E-state index in [1.165, 1.54) is 0 Å². The summed E-state index contributed by atoms with van der Waals surface area (Å²) in [5.74, 6) is 1.16. The van der Waals surface area contributed by atoms with E-state index in [0.29, 0.717) is 12.4 Å². The molecule has 0 radical (unpaired) electrons. The highest BCUT2D eigenvalue weighted by molar-refractivity contribution is 7.98. The summed E-state index contributed by atoms with van der Waals surface area (Å²) in [5, 5.41) is 2.97. The third-order valence-electron chi connectivity index (χ3n) is 2.59. The van der Waals surface area contributed by atoms with Crippen LogP contribution < -0.4 is 10.0 Å². The largest absolute Gasteiger partial charge is 0.369 e. The Bertz CT molecular complexity index is 492. The number of sulfonamides is 1. The van der Waals surface area contributed by atoms with Crippen molar-refractivity contribution < 1.29 is 8.42 Å². The van der Waals surface area contributed by atoms with E-state index in [4.69, 9.17) is 0 Å². The van der Waals surface area contributed by atoms with Crippen LogP contribution in [0, 0.1) is 0 Å². The zero-order valence-corrected chi connectivity index (χ0v) is 13.1. The Morgan fingerprint density at radius 2 is 2.16 bits per heavy atom. The molecule has 0 amide bonds. The van der Waals surface area contributed by atoms with Crippen LogP contribution in [0.3, 0.4) is 0 Å². The minimum atomic E-state index is -3.53. The van der Waals surface area contributed by atoms with Crippen molar-refractivity contribution in [2.75, 3.05) is 23.9 Å². The number of anilines is 1. The predicted octanol–water partition coefficient (Wildman–Crippen LogP) is 1.93. The number of pyridine rings is 1. The van der Waals surface area contributed by atoms with Crippen molar-refractivity contribution in [1.82, 2.24) is 9.71 Å². The first-order valence-corrected chi connectivity index (χ1v) is 9.13. The first kappa shape index (κ1) is 16.3. The van der Waals surface area contributed by atoms with Crippen molar-refractivity contribution in [1.29, 1.82) is 0 Å². The van der Waals surface area contributed by atoms with Crippen LogP contribution in [0.4, 0.5) is 5.82 Å². The van der Waals surface area contributed by atoms with Crippen molar-refractivity contribution in [3.63, 3.8) is 0 Å². The number of aromatic nitrogens is 1. The van der Waals surface area contributed by atoms with Crippen LogP contribution in [0.25, 0.3) is 0 Å². The fourth-order valence-electron chi connectivity index (χ4n) is 1.63. The van der Waals surface area contributed by atoms with Gasteiger partial charge in [-0.15, -0.1) is 0 Å². The van der Waals surface area contributed by atoms with Gasteiger partial charge in [-0.3, -0.25) is 0 Å². The second-order valence-electron chi connectivity index (χ2n) is 4.06. The fraction of sp³-hybridized carbons (Fsp3) is 0.583. The number of rotatable bonds is 8. The van der Waals surface area contributed by atoms with Gasteiger partial charge in [0.25, 0.3) is 0 Å². The normalized spacial score (nSPS) is 13.2. The van der Waals surface area contributed by atoms with Crippen LogP contribution in [0.5, 0.6) is 0 Å². The molecule has 1 atom stereocenters. The lowest BCUT2D eigenvalue weighted by Crippen LogP contribution is -2.36. The average Bonchev–Trinajstić information content (AvgIpc) is 2.39. The van der Waals surface area contributed by atoms with Gasteiger partial charge in [0, 0.05) is 24.5 Å². The predicted molar refractivity (Wildman–Crippen MR) is 81.2 cm³/mol. The van der Waals surface area contributed by atoms with Gasteiger partial charge in [-0.05, 0) is 31.7 Å². The molecule has 0 bridgehead atoms. The molecule has 0 aliphatic heterocycles. The standard InChI is InChI=1S/C12H21N3O2S2/c1-4-10(9-18-3)15-19(16,17)11-7-6-8-14-12(11)13-5-2/h6-8,10,15H,4-5,9H2,1-3H3,(H,13,14). The van der Waals surface area contributed by atoms with Gasteiger partial charge in [-0.25, -0.2) is 18.1 Å². The van der Waals surface area contributed by atoms with Crippen LogP contribution in [0.2, 0.25) is 0 Å². The van der Waals surface area contributed by atoms with E-state index >= 15 is 0 Å². The van der Waals surface area contributed by atoms with Gasteiger partial charge in [0.15, 0.2) is 0 Å². The molecule has 0 fully saturated rings. The van der Waals surface area contributed by atoms with Gasteiger partial charge in [-0.1, -0.05) is 6.92 Å². The maximum atomic E-state index is 12.4. The van der Waals surface area contributed by atoms with E-state index < -0.39 is 10.0 Å². The van der Waals surface area contributed by atoms with Crippen molar-refractivity contribution in [2.45, 2.75) is 31.2 Å². The minimum Gasteiger partial charge on any atom is -0.369 e. The lowest BCUT2D eigenvalue weighted by molar-refractivity contribution is 0.558. The summed E-state index contributed by atoms with van der Waals surface area (Å²) in [6, 6.07) is 3.14. The number of nitrogens with one attached hydrogen (secondary N) is 2. The van der Waals surface area contributed by atoms with Crippen LogP contribution in [-0.2, 0) is 10.0 Å².